The molecule has 1 unspecified atom stereocenters. The number of methoxy groups -OCH3 is 2. The van der Waals surface area contributed by atoms with Crippen LogP contribution in [0.15, 0.2) is 30.3 Å². The summed E-state index contributed by atoms with van der Waals surface area (Å²) in [6.45, 7) is 3.37. The van der Waals surface area contributed by atoms with E-state index >= 15 is 0 Å². The molecule has 0 saturated heterocycles. The Morgan fingerprint density at radius 1 is 1.15 bits per heavy atom. The lowest BCUT2D eigenvalue weighted by Gasteiger charge is -2.32. The Kier molecular flexibility index (Phi) is 6.15. The summed E-state index contributed by atoms with van der Waals surface area (Å²) in [6, 6.07) is 9.31. The molecule has 1 heterocycles. The lowest BCUT2D eigenvalue weighted by molar-refractivity contribution is -0.924. The van der Waals surface area contributed by atoms with Crippen LogP contribution in [0.4, 0.5) is 5.69 Å². The maximum atomic E-state index is 12.5. The topological polar surface area (TPSA) is 52.0 Å². The Morgan fingerprint density at radius 2 is 1.85 bits per heavy atom. The predicted octanol–water partition coefficient (Wildman–Crippen LogP) is 3.15. The number of carbonyl (C=O) groups excluding carboxylic acids is 1. The molecule has 2 atom stereocenters. The molecule has 2 N–H and O–H groups in total. The van der Waals surface area contributed by atoms with Crippen molar-refractivity contribution in [1.29, 1.82) is 0 Å². The molecule has 0 spiro atoms. The van der Waals surface area contributed by atoms with Crippen molar-refractivity contribution in [2.45, 2.75) is 19.4 Å². The normalized spacial score (nSPS) is 18.6. The molecular formula is C20H23Cl2N2O3+. The summed E-state index contributed by atoms with van der Waals surface area (Å²) in [5.41, 5.74) is 3.08. The van der Waals surface area contributed by atoms with Gasteiger partial charge in [0.2, 0.25) is 0 Å². The zero-order valence-corrected chi connectivity index (χ0v) is 17.1. The van der Waals surface area contributed by atoms with Crippen molar-refractivity contribution in [2.24, 2.45) is 0 Å². The first-order chi connectivity index (χ1) is 12.9. The first-order valence-electron chi connectivity index (χ1n) is 8.77. The molecule has 1 aliphatic heterocycles. The predicted molar refractivity (Wildman–Crippen MR) is 107 cm³/mol. The Hall–Kier alpha value is -1.95. The molecule has 1 amide bonds. The summed E-state index contributed by atoms with van der Waals surface area (Å²) in [5, 5.41) is 3.78. The first kappa shape index (κ1) is 19.8. The molecule has 5 nitrogen and oxygen atoms in total. The molecule has 7 heteroatoms. The summed E-state index contributed by atoms with van der Waals surface area (Å²) >= 11 is 11.9. The van der Waals surface area contributed by atoms with Gasteiger partial charge < -0.3 is 19.7 Å². The van der Waals surface area contributed by atoms with Crippen molar-refractivity contribution in [1.82, 2.24) is 0 Å². The highest BCUT2D eigenvalue weighted by Crippen LogP contribution is 2.33. The smallest absolute Gasteiger partial charge is 0.279 e. The first-order valence-corrected chi connectivity index (χ1v) is 9.52. The molecule has 0 radical (unpaired) electrons. The third-order valence-electron chi connectivity index (χ3n) is 5.03. The van der Waals surface area contributed by atoms with E-state index in [0.717, 1.165) is 18.7 Å². The van der Waals surface area contributed by atoms with Gasteiger partial charge in [0.05, 0.1) is 30.8 Å². The van der Waals surface area contributed by atoms with Crippen LogP contribution in [-0.2, 0) is 11.2 Å². The summed E-state index contributed by atoms with van der Waals surface area (Å²) < 4.78 is 10.8. The lowest BCUT2D eigenvalue weighted by atomic mass is 9.93. The van der Waals surface area contributed by atoms with Gasteiger partial charge in [-0.2, -0.15) is 0 Å². The Morgan fingerprint density at radius 3 is 2.52 bits per heavy atom. The summed E-state index contributed by atoms with van der Waals surface area (Å²) in [5.74, 6) is 1.40. The molecule has 1 aliphatic rings. The highest BCUT2D eigenvalue weighted by molar-refractivity contribution is 6.42. The largest absolute Gasteiger partial charge is 0.493 e. The van der Waals surface area contributed by atoms with Crippen LogP contribution < -0.4 is 19.7 Å². The van der Waals surface area contributed by atoms with Crippen LogP contribution in [0.3, 0.4) is 0 Å². The minimum absolute atomic E-state index is 0.0563. The van der Waals surface area contributed by atoms with Crippen molar-refractivity contribution >= 4 is 34.8 Å². The van der Waals surface area contributed by atoms with Crippen molar-refractivity contribution in [2.75, 3.05) is 32.6 Å². The number of hydrogen-bond donors (Lipinski definition) is 2. The zero-order chi connectivity index (χ0) is 19.6. The lowest BCUT2D eigenvalue weighted by Crippen LogP contribution is -3.14. The summed E-state index contributed by atoms with van der Waals surface area (Å²) in [6.07, 6.45) is 0.884. The molecule has 2 aromatic rings. The SMILES string of the molecule is COc1cc2c(cc1OC)[C@@H](C)[NH+](CC(=O)Nc1ccc(Cl)c(Cl)c1)CC2. The standard InChI is InChI=1S/C20H22Cl2N2O3/c1-12-15-10-19(27-3)18(26-2)8-13(15)6-7-24(12)11-20(25)23-14-4-5-16(21)17(22)9-14/h4-5,8-10,12H,6-7,11H2,1-3H3,(H,23,25)/p+1/t12-/m1/s1. The fraction of sp³-hybridized carbons (Fsp3) is 0.350. The van der Waals surface area contributed by atoms with Gasteiger partial charge in [0.15, 0.2) is 18.0 Å². The van der Waals surface area contributed by atoms with E-state index in [-0.39, 0.29) is 11.9 Å². The van der Waals surface area contributed by atoms with Crippen molar-refractivity contribution in [3.05, 3.63) is 51.5 Å². The number of anilines is 1. The van der Waals surface area contributed by atoms with E-state index in [9.17, 15) is 4.79 Å². The number of halogens is 2. The average Bonchev–Trinajstić information content (AvgIpc) is 2.66. The molecule has 0 fully saturated rings. The van der Waals surface area contributed by atoms with E-state index in [1.54, 1.807) is 32.4 Å². The molecule has 0 saturated carbocycles. The number of carbonyl (C=O) groups is 1. The molecule has 144 valence electrons. The van der Waals surface area contributed by atoms with Crippen LogP contribution in [0.5, 0.6) is 11.5 Å². The minimum atomic E-state index is -0.0563. The minimum Gasteiger partial charge on any atom is -0.493 e. The van der Waals surface area contributed by atoms with Gasteiger partial charge in [-0.1, -0.05) is 23.2 Å². The number of amides is 1. The highest BCUT2D eigenvalue weighted by atomic mass is 35.5. The monoisotopic (exact) mass is 409 g/mol. The number of fused-ring (bicyclic) bond motifs is 1. The van der Waals surface area contributed by atoms with E-state index in [0.29, 0.717) is 28.0 Å². The van der Waals surface area contributed by atoms with E-state index in [1.807, 2.05) is 12.1 Å². The fourth-order valence-corrected chi connectivity index (χ4v) is 3.81. The third-order valence-corrected chi connectivity index (χ3v) is 5.77. The molecule has 3 rings (SSSR count). The molecule has 2 aromatic carbocycles. The van der Waals surface area contributed by atoms with Gasteiger partial charge in [-0.25, -0.2) is 0 Å². The Labute approximate surface area is 169 Å². The van der Waals surface area contributed by atoms with Gasteiger partial charge in [-0.3, -0.25) is 4.79 Å². The van der Waals surface area contributed by atoms with Gasteiger partial charge in [-0.05, 0) is 42.8 Å². The van der Waals surface area contributed by atoms with Crippen LogP contribution in [0, 0.1) is 0 Å². The number of rotatable bonds is 5. The van der Waals surface area contributed by atoms with Crippen LogP contribution in [-0.4, -0.2) is 33.2 Å². The number of benzene rings is 2. The van der Waals surface area contributed by atoms with Crippen molar-refractivity contribution in [3.63, 3.8) is 0 Å². The Bertz CT molecular complexity index is 857. The average molecular weight is 410 g/mol. The van der Waals surface area contributed by atoms with Gasteiger partial charge in [0.25, 0.3) is 5.91 Å². The quantitative estimate of drug-likeness (QED) is 0.797. The highest BCUT2D eigenvalue weighted by Gasteiger charge is 2.30. The zero-order valence-electron chi connectivity index (χ0n) is 15.6. The van der Waals surface area contributed by atoms with Crippen molar-refractivity contribution in [3.8, 4) is 11.5 Å². The molecular weight excluding hydrogens is 387 g/mol. The van der Waals surface area contributed by atoms with Crippen LogP contribution >= 0.6 is 23.2 Å². The fourth-order valence-electron chi connectivity index (χ4n) is 3.51. The van der Waals surface area contributed by atoms with Gasteiger partial charge >= 0.3 is 0 Å². The number of quaternary nitrogens is 1. The van der Waals surface area contributed by atoms with Gasteiger partial charge in [0.1, 0.15) is 6.04 Å². The van der Waals surface area contributed by atoms with E-state index in [1.165, 1.54) is 16.0 Å². The van der Waals surface area contributed by atoms with E-state index in [2.05, 4.69) is 12.2 Å². The summed E-state index contributed by atoms with van der Waals surface area (Å²) in [4.78, 5) is 13.7. The van der Waals surface area contributed by atoms with E-state index < -0.39 is 0 Å². The second-order valence-electron chi connectivity index (χ2n) is 6.64. The second-order valence-corrected chi connectivity index (χ2v) is 7.45. The van der Waals surface area contributed by atoms with E-state index in [4.69, 9.17) is 32.7 Å². The summed E-state index contributed by atoms with van der Waals surface area (Å²) in [7, 11) is 3.27. The maximum absolute atomic E-state index is 12.5. The van der Waals surface area contributed by atoms with Crippen LogP contribution in [0.2, 0.25) is 10.0 Å². The van der Waals surface area contributed by atoms with Gasteiger partial charge in [0, 0.05) is 17.7 Å². The third kappa shape index (κ3) is 4.32. The number of nitrogens with one attached hydrogen (secondary N) is 2. The maximum Gasteiger partial charge on any atom is 0.279 e. The molecule has 27 heavy (non-hydrogen) atoms. The van der Waals surface area contributed by atoms with Crippen LogP contribution in [0.25, 0.3) is 0 Å². The van der Waals surface area contributed by atoms with Crippen LogP contribution in [0.1, 0.15) is 24.1 Å². The molecule has 0 bridgehead atoms. The number of ether oxygens (including phenoxy) is 2. The molecule has 0 aliphatic carbocycles. The molecule has 0 aromatic heterocycles. The van der Waals surface area contributed by atoms with Crippen molar-refractivity contribution < 1.29 is 19.2 Å². The second kappa shape index (κ2) is 8.38. The van der Waals surface area contributed by atoms with Gasteiger partial charge in [-0.15, -0.1) is 0 Å². The number of hydrogen-bond acceptors (Lipinski definition) is 3. The Balaban J connectivity index is 1.71.